The van der Waals surface area contributed by atoms with Crippen molar-refractivity contribution in [1.82, 2.24) is 4.90 Å². The molecule has 98 valence electrons. The zero-order chi connectivity index (χ0) is 13.1. The van der Waals surface area contributed by atoms with Crippen LogP contribution in [0.5, 0.6) is 0 Å². The van der Waals surface area contributed by atoms with Gasteiger partial charge in [0.05, 0.1) is 12.6 Å². The maximum atomic E-state index is 12.1. The van der Waals surface area contributed by atoms with Crippen molar-refractivity contribution in [3.63, 3.8) is 0 Å². The molecule has 0 aromatic heterocycles. The van der Waals surface area contributed by atoms with Gasteiger partial charge in [0, 0.05) is 12.2 Å². The highest BCUT2D eigenvalue weighted by atomic mass is 16.3. The third-order valence-corrected chi connectivity index (χ3v) is 3.61. The fourth-order valence-electron chi connectivity index (χ4n) is 2.31. The van der Waals surface area contributed by atoms with Crippen molar-refractivity contribution in [2.75, 3.05) is 18.5 Å². The molecule has 2 amide bonds. The van der Waals surface area contributed by atoms with Gasteiger partial charge in [0.15, 0.2) is 0 Å². The largest absolute Gasteiger partial charge is 0.394 e. The van der Waals surface area contributed by atoms with E-state index < -0.39 is 0 Å². The average molecular weight is 248 g/mol. The lowest BCUT2D eigenvalue weighted by molar-refractivity contribution is 0.166. The van der Waals surface area contributed by atoms with Crippen LogP contribution in [0.3, 0.4) is 0 Å². The van der Waals surface area contributed by atoms with Crippen LogP contribution < -0.4 is 5.32 Å². The molecule has 0 bridgehead atoms. The molecule has 1 fully saturated rings. The number of urea groups is 1. The first-order chi connectivity index (χ1) is 8.61. The lowest BCUT2D eigenvalue weighted by atomic mass is 10.1. The molecule has 4 heteroatoms. The smallest absolute Gasteiger partial charge is 0.322 e. The summed E-state index contributed by atoms with van der Waals surface area (Å²) in [6.07, 6.45) is 1.85. The molecule has 0 radical (unpaired) electrons. The van der Waals surface area contributed by atoms with Gasteiger partial charge in [-0.3, -0.25) is 0 Å². The molecule has 2 N–H and O–H groups in total. The summed E-state index contributed by atoms with van der Waals surface area (Å²) in [7, 11) is 0. The van der Waals surface area contributed by atoms with Crippen LogP contribution in [-0.4, -0.2) is 35.2 Å². The average Bonchev–Trinajstić information content (AvgIpc) is 2.82. The van der Waals surface area contributed by atoms with Crippen LogP contribution in [0.1, 0.15) is 24.0 Å². The van der Waals surface area contributed by atoms with E-state index in [0.29, 0.717) is 0 Å². The molecule has 0 spiro atoms. The normalized spacial score (nSPS) is 19.1. The Labute approximate surface area is 108 Å². The number of rotatable bonds is 2. The number of nitrogens with zero attached hydrogens (tertiary/aromatic N) is 1. The Kier molecular flexibility index (Phi) is 3.87. The summed E-state index contributed by atoms with van der Waals surface area (Å²) in [6, 6.07) is 5.73. The van der Waals surface area contributed by atoms with Crippen LogP contribution in [0.4, 0.5) is 10.5 Å². The summed E-state index contributed by atoms with van der Waals surface area (Å²) >= 11 is 0. The number of likely N-dealkylation sites (tertiary alicyclic amines) is 1. The maximum Gasteiger partial charge on any atom is 0.322 e. The van der Waals surface area contributed by atoms with E-state index in [-0.39, 0.29) is 18.7 Å². The zero-order valence-corrected chi connectivity index (χ0v) is 10.9. The molecule has 1 heterocycles. The first kappa shape index (κ1) is 12.9. The quantitative estimate of drug-likeness (QED) is 0.843. The fourth-order valence-corrected chi connectivity index (χ4v) is 2.31. The highest BCUT2D eigenvalue weighted by Gasteiger charge is 2.27. The number of anilines is 1. The Morgan fingerprint density at radius 1 is 1.44 bits per heavy atom. The summed E-state index contributed by atoms with van der Waals surface area (Å²) in [4.78, 5) is 13.8. The molecule has 2 rings (SSSR count). The minimum Gasteiger partial charge on any atom is -0.394 e. The van der Waals surface area contributed by atoms with E-state index in [4.69, 9.17) is 0 Å². The van der Waals surface area contributed by atoms with Crippen molar-refractivity contribution in [2.45, 2.75) is 32.7 Å². The summed E-state index contributed by atoms with van der Waals surface area (Å²) in [5, 5.41) is 12.1. The number of aliphatic hydroxyl groups excluding tert-OH is 1. The Morgan fingerprint density at radius 2 is 2.22 bits per heavy atom. The molecular weight excluding hydrogens is 228 g/mol. The molecule has 18 heavy (non-hydrogen) atoms. The van der Waals surface area contributed by atoms with Gasteiger partial charge in [-0.25, -0.2) is 4.79 Å². The molecule has 1 aliphatic rings. The second-order valence-electron chi connectivity index (χ2n) is 4.90. The van der Waals surface area contributed by atoms with Gasteiger partial charge in [0.1, 0.15) is 0 Å². The second-order valence-corrected chi connectivity index (χ2v) is 4.90. The van der Waals surface area contributed by atoms with Crippen molar-refractivity contribution in [3.05, 3.63) is 29.3 Å². The predicted octanol–water partition coefficient (Wildman–Crippen LogP) is 2.29. The van der Waals surface area contributed by atoms with Gasteiger partial charge < -0.3 is 15.3 Å². The van der Waals surface area contributed by atoms with Crippen LogP contribution in [0.2, 0.25) is 0 Å². The van der Waals surface area contributed by atoms with Crippen molar-refractivity contribution in [3.8, 4) is 0 Å². The number of carbonyl (C=O) groups excluding carboxylic acids is 1. The minimum atomic E-state index is -0.116. The number of carbonyl (C=O) groups is 1. The summed E-state index contributed by atoms with van der Waals surface area (Å²) in [6.45, 7) is 4.84. The standard InChI is InChI=1S/C14H20N2O2/c1-10-5-6-12(8-11(10)2)15-14(18)16-7-3-4-13(16)9-17/h5-6,8,13,17H,3-4,7,9H2,1-2H3,(H,15,18)/t13-/m1/s1. The van der Waals surface area contributed by atoms with Gasteiger partial charge in [-0.15, -0.1) is 0 Å². The Bertz CT molecular complexity index is 445. The third-order valence-electron chi connectivity index (χ3n) is 3.61. The number of hydrogen-bond acceptors (Lipinski definition) is 2. The number of aryl methyl sites for hydroxylation is 2. The van der Waals surface area contributed by atoms with Gasteiger partial charge in [0.25, 0.3) is 0 Å². The maximum absolute atomic E-state index is 12.1. The van der Waals surface area contributed by atoms with Gasteiger partial charge in [-0.1, -0.05) is 6.07 Å². The molecule has 0 aliphatic carbocycles. The van der Waals surface area contributed by atoms with E-state index in [2.05, 4.69) is 5.32 Å². The van der Waals surface area contributed by atoms with Crippen molar-refractivity contribution < 1.29 is 9.90 Å². The molecular formula is C14H20N2O2. The Hall–Kier alpha value is -1.55. The van der Waals surface area contributed by atoms with Gasteiger partial charge in [0.2, 0.25) is 0 Å². The topological polar surface area (TPSA) is 52.6 Å². The van der Waals surface area contributed by atoms with E-state index in [9.17, 15) is 9.90 Å². The Balaban J connectivity index is 2.04. The van der Waals surface area contributed by atoms with Crippen molar-refractivity contribution in [2.24, 2.45) is 0 Å². The van der Waals surface area contributed by atoms with Crippen molar-refractivity contribution in [1.29, 1.82) is 0 Å². The molecule has 1 atom stereocenters. The van der Waals surface area contributed by atoms with E-state index in [1.165, 1.54) is 5.56 Å². The summed E-state index contributed by atoms with van der Waals surface area (Å²) < 4.78 is 0. The Morgan fingerprint density at radius 3 is 2.89 bits per heavy atom. The van der Waals surface area contributed by atoms with Crippen LogP contribution >= 0.6 is 0 Å². The SMILES string of the molecule is Cc1ccc(NC(=O)N2CCC[C@@H]2CO)cc1C. The van der Waals surface area contributed by atoms with Crippen LogP contribution in [-0.2, 0) is 0 Å². The number of benzene rings is 1. The summed E-state index contributed by atoms with van der Waals surface area (Å²) in [5.41, 5.74) is 3.18. The van der Waals surface area contributed by atoms with Gasteiger partial charge >= 0.3 is 6.03 Å². The van der Waals surface area contributed by atoms with E-state index in [1.54, 1.807) is 4.90 Å². The fraction of sp³-hybridized carbons (Fsp3) is 0.500. The number of aliphatic hydroxyl groups is 1. The highest BCUT2D eigenvalue weighted by Crippen LogP contribution is 2.19. The number of nitrogens with one attached hydrogen (secondary N) is 1. The molecule has 1 aliphatic heterocycles. The van der Waals surface area contributed by atoms with E-state index in [1.807, 2.05) is 32.0 Å². The van der Waals surface area contributed by atoms with Crippen LogP contribution in [0, 0.1) is 13.8 Å². The van der Waals surface area contributed by atoms with Gasteiger partial charge in [-0.05, 0) is 49.9 Å². The van der Waals surface area contributed by atoms with E-state index in [0.717, 1.165) is 30.6 Å². The molecule has 1 aromatic carbocycles. The predicted molar refractivity (Wildman–Crippen MR) is 71.7 cm³/mol. The zero-order valence-electron chi connectivity index (χ0n) is 10.9. The molecule has 4 nitrogen and oxygen atoms in total. The molecule has 0 saturated carbocycles. The van der Waals surface area contributed by atoms with Gasteiger partial charge in [-0.2, -0.15) is 0 Å². The summed E-state index contributed by atoms with van der Waals surface area (Å²) in [5.74, 6) is 0. The third kappa shape index (κ3) is 2.64. The molecule has 1 saturated heterocycles. The lowest BCUT2D eigenvalue weighted by Gasteiger charge is -2.23. The first-order valence-corrected chi connectivity index (χ1v) is 6.37. The van der Waals surface area contributed by atoms with Crippen molar-refractivity contribution >= 4 is 11.7 Å². The number of amides is 2. The lowest BCUT2D eigenvalue weighted by Crippen LogP contribution is -2.40. The van der Waals surface area contributed by atoms with E-state index >= 15 is 0 Å². The van der Waals surface area contributed by atoms with Crippen LogP contribution in [0.25, 0.3) is 0 Å². The monoisotopic (exact) mass is 248 g/mol. The number of hydrogen-bond donors (Lipinski definition) is 2. The second kappa shape index (κ2) is 5.40. The highest BCUT2D eigenvalue weighted by molar-refractivity contribution is 5.89. The first-order valence-electron chi connectivity index (χ1n) is 6.37. The molecule has 1 aromatic rings. The molecule has 0 unspecified atom stereocenters. The minimum absolute atomic E-state index is 0.0310. The van der Waals surface area contributed by atoms with Crippen LogP contribution in [0.15, 0.2) is 18.2 Å².